The summed E-state index contributed by atoms with van der Waals surface area (Å²) in [6, 6.07) is 0. The lowest BCUT2D eigenvalue weighted by atomic mass is 10.9. The summed E-state index contributed by atoms with van der Waals surface area (Å²) < 4.78 is 3.10. The highest BCUT2D eigenvalue weighted by Crippen LogP contribution is 2.02. The molecule has 1 aromatic heterocycles. The number of nitrogens with zero attached hydrogens (tertiary/aromatic N) is 1. The molecule has 0 aliphatic carbocycles. The maximum Gasteiger partial charge on any atom is 0.202 e. The molecular formula is C7H13NOSSi. The molecule has 0 saturated heterocycles. The fourth-order valence-corrected chi connectivity index (χ4v) is 4.22. The Balaban J connectivity index is 3.02. The van der Waals surface area contributed by atoms with Crippen LogP contribution in [0, 0.1) is 0 Å². The van der Waals surface area contributed by atoms with Gasteiger partial charge in [0, 0.05) is 0 Å². The molecule has 1 aromatic rings. The minimum absolute atomic E-state index is 0.136. The van der Waals surface area contributed by atoms with Crippen molar-refractivity contribution in [3.63, 3.8) is 0 Å². The molecular weight excluding hydrogens is 174 g/mol. The van der Waals surface area contributed by atoms with Gasteiger partial charge in [0.05, 0.1) is 12.1 Å². The number of rotatable bonds is 2. The zero-order valence-electron chi connectivity index (χ0n) is 7.13. The van der Waals surface area contributed by atoms with Crippen LogP contribution in [-0.4, -0.2) is 8.07 Å². The van der Waals surface area contributed by atoms with Crippen molar-refractivity contribution in [1.82, 2.24) is 0 Å². The Hall–Kier alpha value is -0.193. The first kappa shape index (κ1) is 8.90. The lowest BCUT2D eigenvalue weighted by Gasteiger charge is -2.10. The van der Waals surface area contributed by atoms with Gasteiger partial charge in [0.1, 0.15) is 0 Å². The molecule has 2 nitrogen and oxygen atoms in total. The summed E-state index contributed by atoms with van der Waals surface area (Å²) in [6.45, 7) is 6.63. The molecule has 0 saturated carbocycles. The van der Waals surface area contributed by atoms with Crippen molar-refractivity contribution in [3.8, 4) is 0 Å². The van der Waals surface area contributed by atoms with Gasteiger partial charge in [0.25, 0.3) is 0 Å². The second-order valence-electron chi connectivity index (χ2n) is 3.56. The van der Waals surface area contributed by atoms with Gasteiger partial charge < -0.3 is 5.11 Å². The Kier molecular flexibility index (Phi) is 2.46. The molecule has 0 spiro atoms. The third-order valence-corrected chi connectivity index (χ3v) is 5.94. The molecule has 0 amide bonds. The lowest BCUT2D eigenvalue weighted by Crippen LogP contribution is -2.59. The molecule has 0 atom stereocenters. The van der Waals surface area contributed by atoms with Gasteiger partial charge in [-0.05, 0) is 0 Å². The molecule has 0 fully saturated rings. The van der Waals surface area contributed by atoms with Gasteiger partial charge >= 0.3 is 0 Å². The minimum atomic E-state index is -1.27. The molecule has 4 heteroatoms. The summed E-state index contributed by atoms with van der Waals surface area (Å²) in [7, 11) is -1.27. The fraction of sp³-hybridized carbons (Fsp3) is 0.571. The highest BCUT2D eigenvalue weighted by atomic mass is 32.1. The molecule has 0 aliphatic heterocycles. The molecule has 0 aliphatic rings. The Bertz CT molecular complexity index is 241. The minimum Gasteiger partial charge on any atom is -0.801 e. The van der Waals surface area contributed by atoms with Crippen molar-refractivity contribution < 1.29 is 9.67 Å². The molecule has 1 rings (SSSR count). The van der Waals surface area contributed by atoms with E-state index in [1.807, 2.05) is 16.1 Å². The lowest BCUT2D eigenvalue weighted by molar-refractivity contribution is -0.801. The van der Waals surface area contributed by atoms with Crippen LogP contribution in [0.2, 0.25) is 19.6 Å². The molecule has 11 heavy (non-hydrogen) atoms. The largest absolute Gasteiger partial charge is 0.801 e. The van der Waals surface area contributed by atoms with Crippen molar-refractivity contribution in [3.05, 3.63) is 11.6 Å². The standard InChI is InChI=1S/C7H13NOSSi/c1-11(2,3)7-8(6-9)4-5-10-7/h4-5H,6H2,1-3H3. The number of hydrogen-bond donors (Lipinski definition) is 0. The van der Waals surface area contributed by atoms with Gasteiger partial charge in [-0.25, -0.2) is 4.57 Å². The Morgan fingerprint density at radius 2 is 2.18 bits per heavy atom. The molecule has 0 radical (unpaired) electrons. The molecule has 1 heterocycles. The molecule has 0 N–H and O–H groups in total. The molecule has 62 valence electrons. The van der Waals surface area contributed by atoms with Gasteiger partial charge in [0.2, 0.25) is 4.63 Å². The van der Waals surface area contributed by atoms with Crippen LogP contribution in [0.4, 0.5) is 0 Å². The first-order valence-corrected chi connectivity index (χ1v) is 7.99. The van der Waals surface area contributed by atoms with Crippen LogP contribution in [0.15, 0.2) is 11.6 Å². The fourth-order valence-electron chi connectivity index (χ4n) is 1.01. The predicted molar refractivity (Wildman–Crippen MR) is 47.5 cm³/mol. The van der Waals surface area contributed by atoms with Gasteiger partial charge in [-0.3, -0.25) is 0 Å². The van der Waals surface area contributed by atoms with Crippen LogP contribution in [0.5, 0.6) is 0 Å². The SMILES string of the molecule is C[Si](C)(C)c1scc[n+]1C[O-]. The smallest absolute Gasteiger partial charge is 0.202 e. The van der Waals surface area contributed by atoms with E-state index >= 15 is 0 Å². The van der Waals surface area contributed by atoms with E-state index < -0.39 is 8.07 Å². The first-order valence-electron chi connectivity index (χ1n) is 3.61. The van der Waals surface area contributed by atoms with Gasteiger partial charge in [0.15, 0.2) is 14.3 Å². The van der Waals surface area contributed by atoms with Gasteiger partial charge in [-0.1, -0.05) is 31.0 Å². The van der Waals surface area contributed by atoms with Crippen LogP contribution < -0.4 is 14.3 Å². The van der Waals surface area contributed by atoms with E-state index in [1.54, 1.807) is 11.3 Å². The normalized spacial score (nSPS) is 12.0. The van der Waals surface area contributed by atoms with E-state index in [-0.39, 0.29) is 6.73 Å². The van der Waals surface area contributed by atoms with E-state index in [9.17, 15) is 5.11 Å². The number of hydrogen-bond acceptors (Lipinski definition) is 2. The van der Waals surface area contributed by atoms with Crippen molar-refractivity contribution in [1.29, 1.82) is 0 Å². The van der Waals surface area contributed by atoms with Crippen molar-refractivity contribution in [2.24, 2.45) is 0 Å². The second-order valence-corrected chi connectivity index (χ2v) is 9.79. The highest BCUT2D eigenvalue weighted by Gasteiger charge is 2.27. The van der Waals surface area contributed by atoms with Crippen molar-refractivity contribution >= 4 is 24.0 Å². The Labute approximate surface area is 72.1 Å². The Morgan fingerprint density at radius 1 is 1.55 bits per heavy atom. The van der Waals surface area contributed by atoms with Gasteiger partial charge in [-0.15, -0.1) is 0 Å². The van der Waals surface area contributed by atoms with Crippen LogP contribution in [0.1, 0.15) is 0 Å². The number of aromatic nitrogens is 1. The maximum atomic E-state index is 10.7. The van der Waals surface area contributed by atoms with Gasteiger partial charge in [-0.2, -0.15) is 0 Å². The van der Waals surface area contributed by atoms with Crippen LogP contribution in [0.25, 0.3) is 0 Å². The monoisotopic (exact) mass is 187 g/mol. The molecule has 0 unspecified atom stereocenters. The predicted octanol–water partition coefficient (Wildman–Crippen LogP) is -0.101. The zero-order valence-corrected chi connectivity index (χ0v) is 8.94. The average molecular weight is 187 g/mol. The van der Waals surface area contributed by atoms with Crippen molar-refractivity contribution in [2.45, 2.75) is 26.4 Å². The summed E-state index contributed by atoms with van der Waals surface area (Å²) in [5.41, 5.74) is 0. The summed E-state index contributed by atoms with van der Waals surface area (Å²) in [5, 5.41) is 12.6. The van der Waals surface area contributed by atoms with E-state index in [2.05, 4.69) is 19.6 Å². The second kappa shape index (κ2) is 3.04. The quantitative estimate of drug-likeness (QED) is 0.469. The van der Waals surface area contributed by atoms with E-state index in [1.165, 1.54) is 4.63 Å². The average Bonchev–Trinajstić information content (AvgIpc) is 2.31. The number of thiazole rings is 1. The van der Waals surface area contributed by atoms with Crippen LogP contribution in [0.3, 0.4) is 0 Å². The van der Waals surface area contributed by atoms with E-state index in [0.717, 1.165) is 0 Å². The third kappa shape index (κ3) is 1.88. The highest BCUT2D eigenvalue weighted by molar-refractivity contribution is 7.23. The van der Waals surface area contributed by atoms with Crippen LogP contribution in [-0.2, 0) is 6.73 Å². The summed E-state index contributed by atoms with van der Waals surface area (Å²) in [4.78, 5) is 0. The van der Waals surface area contributed by atoms with E-state index in [0.29, 0.717) is 0 Å². The van der Waals surface area contributed by atoms with Crippen LogP contribution >= 0.6 is 11.3 Å². The maximum absolute atomic E-state index is 10.7. The Morgan fingerprint density at radius 3 is 2.55 bits per heavy atom. The van der Waals surface area contributed by atoms with Crippen molar-refractivity contribution in [2.75, 3.05) is 0 Å². The summed E-state index contributed by atoms with van der Waals surface area (Å²) in [6.07, 6.45) is 1.88. The summed E-state index contributed by atoms with van der Waals surface area (Å²) in [5.74, 6) is 0. The third-order valence-electron chi connectivity index (χ3n) is 1.46. The molecule has 0 aromatic carbocycles. The zero-order chi connectivity index (χ0) is 8.48. The van der Waals surface area contributed by atoms with E-state index in [4.69, 9.17) is 0 Å². The first-order chi connectivity index (χ1) is 5.05. The topological polar surface area (TPSA) is 26.9 Å². The molecule has 0 bridgehead atoms. The summed E-state index contributed by atoms with van der Waals surface area (Å²) >= 11 is 1.71.